The molecule has 5 nitrogen and oxygen atoms in total. The average Bonchev–Trinajstić information content (AvgIpc) is 2.75. The van der Waals surface area contributed by atoms with Crippen molar-refractivity contribution in [2.24, 2.45) is 0 Å². The largest absolute Gasteiger partial charge is 0.480 e. The van der Waals surface area contributed by atoms with Crippen molar-refractivity contribution in [3.05, 3.63) is 108 Å². The summed E-state index contributed by atoms with van der Waals surface area (Å²) in [6.07, 6.45) is 12.1. The van der Waals surface area contributed by atoms with Crippen LogP contribution >= 0.6 is 0 Å². The van der Waals surface area contributed by atoms with E-state index in [9.17, 15) is 14.7 Å². The van der Waals surface area contributed by atoms with Crippen molar-refractivity contribution >= 4 is 11.9 Å². The topological polar surface area (TPSA) is 75.6 Å². The Bertz CT molecular complexity index is 937. The zero-order valence-electron chi connectivity index (χ0n) is 17.5. The van der Waals surface area contributed by atoms with Crippen molar-refractivity contribution in [1.82, 2.24) is 5.32 Å². The summed E-state index contributed by atoms with van der Waals surface area (Å²) in [4.78, 5) is 23.3. The van der Waals surface area contributed by atoms with Gasteiger partial charge in [-0.1, -0.05) is 91.0 Å². The highest BCUT2D eigenvalue weighted by Gasteiger charge is 2.39. The van der Waals surface area contributed by atoms with Gasteiger partial charge in [-0.05, 0) is 29.5 Å². The molecule has 0 bridgehead atoms. The van der Waals surface area contributed by atoms with Crippen molar-refractivity contribution in [2.75, 3.05) is 6.61 Å². The van der Waals surface area contributed by atoms with Gasteiger partial charge in [-0.3, -0.25) is 4.79 Å². The van der Waals surface area contributed by atoms with Crippen molar-refractivity contribution in [3.63, 3.8) is 0 Å². The van der Waals surface area contributed by atoms with Gasteiger partial charge in [0, 0.05) is 6.92 Å². The molecule has 5 heteroatoms. The molecule has 0 aliphatic heterocycles. The normalized spacial score (nSPS) is 18.5. The van der Waals surface area contributed by atoms with Crippen LogP contribution in [0.5, 0.6) is 0 Å². The summed E-state index contributed by atoms with van der Waals surface area (Å²) in [5.74, 6) is -1.57. The molecule has 0 radical (unpaired) electrons. The fourth-order valence-corrected chi connectivity index (χ4v) is 3.69. The van der Waals surface area contributed by atoms with Crippen molar-refractivity contribution in [3.8, 4) is 0 Å². The fraction of sp³-hybridized carbons (Fsp3) is 0.231. The third-order valence-electron chi connectivity index (χ3n) is 5.12. The molecular weight excluding hydrogens is 390 g/mol. The Kier molecular flexibility index (Phi) is 7.57. The number of aliphatic carboxylic acids is 1. The van der Waals surface area contributed by atoms with Crippen molar-refractivity contribution in [1.29, 1.82) is 0 Å². The predicted octanol–water partition coefficient (Wildman–Crippen LogP) is 4.37. The van der Waals surface area contributed by atoms with Gasteiger partial charge in [-0.25, -0.2) is 4.79 Å². The molecule has 1 aliphatic carbocycles. The zero-order valence-corrected chi connectivity index (χ0v) is 17.5. The maximum atomic E-state index is 11.8. The molecule has 0 saturated carbocycles. The number of nitrogens with one attached hydrogen (secondary N) is 1. The molecule has 0 aromatic heterocycles. The maximum absolute atomic E-state index is 11.8. The molecule has 1 atom stereocenters. The second-order valence-electron chi connectivity index (χ2n) is 7.35. The Morgan fingerprint density at radius 2 is 1.58 bits per heavy atom. The summed E-state index contributed by atoms with van der Waals surface area (Å²) in [5, 5.41) is 12.1. The maximum Gasteiger partial charge on any atom is 0.328 e. The third-order valence-corrected chi connectivity index (χ3v) is 5.12. The van der Waals surface area contributed by atoms with Gasteiger partial charge in [0.15, 0.2) is 6.04 Å². The van der Waals surface area contributed by atoms with Crippen LogP contribution in [0.15, 0.2) is 96.6 Å². The van der Waals surface area contributed by atoms with E-state index >= 15 is 0 Å². The summed E-state index contributed by atoms with van der Waals surface area (Å²) < 4.78 is 6.51. The highest BCUT2D eigenvalue weighted by molar-refractivity contribution is 5.82. The summed E-state index contributed by atoms with van der Waals surface area (Å²) in [6.45, 7) is 1.09. The van der Waals surface area contributed by atoms with Crippen molar-refractivity contribution < 1.29 is 19.4 Å². The Morgan fingerprint density at radius 1 is 1.00 bits per heavy atom. The number of hydrogen-bond acceptors (Lipinski definition) is 3. The van der Waals surface area contributed by atoms with Crippen LogP contribution < -0.4 is 5.32 Å². The number of carboxylic acid groups (broad SMARTS) is 1. The molecule has 0 saturated heterocycles. The van der Waals surface area contributed by atoms with Crippen LogP contribution in [0.25, 0.3) is 0 Å². The summed E-state index contributed by atoms with van der Waals surface area (Å²) >= 11 is 0. The first-order chi connectivity index (χ1) is 15.0. The second kappa shape index (κ2) is 10.5. The minimum Gasteiger partial charge on any atom is -0.480 e. The zero-order chi connectivity index (χ0) is 22.1. The van der Waals surface area contributed by atoms with Crippen LogP contribution in [0.1, 0.15) is 30.9 Å². The molecule has 2 N–H and O–H groups in total. The van der Waals surface area contributed by atoms with E-state index in [1.807, 2.05) is 78.9 Å². The van der Waals surface area contributed by atoms with Gasteiger partial charge in [0.1, 0.15) is 5.60 Å². The molecule has 0 spiro atoms. The molecular formula is C26H27NO4. The van der Waals surface area contributed by atoms with E-state index in [1.54, 1.807) is 0 Å². The summed E-state index contributed by atoms with van der Waals surface area (Å²) in [7, 11) is 0. The molecule has 1 amide bonds. The lowest BCUT2D eigenvalue weighted by Gasteiger charge is -2.37. The van der Waals surface area contributed by atoms with E-state index < -0.39 is 23.5 Å². The fourth-order valence-electron chi connectivity index (χ4n) is 3.69. The number of benzene rings is 2. The third kappa shape index (κ3) is 5.38. The van der Waals surface area contributed by atoms with Crippen LogP contribution in [-0.4, -0.2) is 29.6 Å². The van der Waals surface area contributed by atoms with Crippen LogP contribution in [0.3, 0.4) is 0 Å². The summed E-state index contributed by atoms with van der Waals surface area (Å²) in [6, 6.07) is 18.3. The number of amides is 1. The predicted molar refractivity (Wildman–Crippen MR) is 120 cm³/mol. The molecule has 0 unspecified atom stereocenters. The van der Waals surface area contributed by atoms with E-state index in [4.69, 9.17) is 4.74 Å². The van der Waals surface area contributed by atoms with Gasteiger partial charge in [0.05, 0.1) is 6.61 Å². The molecule has 160 valence electrons. The number of carboxylic acids is 1. The molecule has 3 rings (SSSR count). The van der Waals surface area contributed by atoms with Gasteiger partial charge in [-0.2, -0.15) is 0 Å². The monoisotopic (exact) mass is 417 g/mol. The van der Waals surface area contributed by atoms with E-state index in [0.717, 1.165) is 29.5 Å². The van der Waals surface area contributed by atoms with E-state index in [-0.39, 0.29) is 6.61 Å². The number of hydrogen-bond donors (Lipinski definition) is 2. The number of allylic oxidation sites excluding steroid dienone is 4. The van der Waals surface area contributed by atoms with Gasteiger partial charge in [-0.15, -0.1) is 0 Å². The molecule has 2 aromatic carbocycles. The lowest BCUT2D eigenvalue weighted by molar-refractivity contribution is -0.144. The van der Waals surface area contributed by atoms with Gasteiger partial charge >= 0.3 is 5.97 Å². The molecule has 0 fully saturated rings. The molecule has 2 aromatic rings. The Labute approximate surface area is 182 Å². The van der Waals surface area contributed by atoms with Crippen molar-refractivity contribution in [2.45, 2.75) is 31.4 Å². The average molecular weight is 418 g/mol. The Morgan fingerprint density at radius 3 is 2.13 bits per heavy atom. The Hall–Kier alpha value is -3.44. The quantitative estimate of drug-likeness (QED) is 0.669. The molecule has 31 heavy (non-hydrogen) atoms. The van der Waals surface area contributed by atoms with E-state index in [1.165, 1.54) is 6.92 Å². The Balaban J connectivity index is 2.17. The lowest BCUT2D eigenvalue weighted by atomic mass is 9.78. The number of rotatable bonds is 8. The number of ether oxygens (including phenoxy) is 1. The van der Waals surface area contributed by atoms with Crippen LogP contribution in [0.4, 0.5) is 0 Å². The first-order valence-corrected chi connectivity index (χ1v) is 10.3. The smallest absolute Gasteiger partial charge is 0.328 e. The van der Waals surface area contributed by atoms with Gasteiger partial charge in [0.2, 0.25) is 5.91 Å². The van der Waals surface area contributed by atoms with Gasteiger partial charge in [0.25, 0.3) is 0 Å². The minimum atomic E-state index is -1.17. The first-order valence-electron chi connectivity index (χ1n) is 10.3. The molecule has 1 aliphatic rings. The van der Waals surface area contributed by atoms with E-state index in [2.05, 4.69) is 17.5 Å². The standard InChI is InChI=1S/C26H27NO4/c1-20(28)27-24(25(29)30)19-31-26(22-15-9-5-10-16-22,23-17-11-6-12-18-23)21-13-7-3-2-4-8-14-21/h3,5-18,24H,2,4,19H2,1H3,(H,27,28)(H,29,30)/b7-3-,14-8-,21-13+/t24-/m0/s1. The molecule has 0 heterocycles. The van der Waals surface area contributed by atoms with Crippen LogP contribution in [0.2, 0.25) is 0 Å². The van der Waals surface area contributed by atoms with E-state index in [0.29, 0.717) is 0 Å². The van der Waals surface area contributed by atoms with Crippen LogP contribution in [-0.2, 0) is 19.9 Å². The highest BCUT2D eigenvalue weighted by atomic mass is 16.5. The first kappa shape index (κ1) is 22.2. The van der Waals surface area contributed by atoms with Gasteiger partial charge < -0.3 is 15.2 Å². The van der Waals surface area contributed by atoms with Crippen LogP contribution in [0, 0.1) is 0 Å². The second-order valence-corrected chi connectivity index (χ2v) is 7.35. The summed E-state index contributed by atoms with van der Waals surface area (Å²) in [5.41, 5.74) is 1.58. The SMILES string of the molecule is CC(=O)N[C@@H](COC(C1=C/C=C\CC/C=C\1)(c1ccccc1)c1ccccc1)C(=O)O. The number of carbonyl (C=O) groups is 2. The minimum absolute atomic E-state index is 0.201. The highest BCUT2D eigenvalue weighted by Crippen LogP contribution is 2.41. The number of carbonyl (C=O) groups excluding carboxylic acids is 1. The lowest BCUT2D eigenvalue weighted by Crippen LogP contribution is -2.46.